The number of hydrogen-bond acceptors (Lipinski definition) is 8. The van der Waals surface area contributed by atoms with Gasteiger partial charge in [-0.3, -0.25) is 10.2 Å². The van der Waals surface area contributed by atoms with Crippen LogP contribution in [0.25, 0.3) is 6.08 Å². The molecule has 0 unspecified atom stereocenters. The topological polar surface area (TPSA) is 121 Å². The van der Waals surface area contributed by atoms with Gasteiger partial charge in [-0.05, 0) is 54.6 Å². The summed E-state index contributed by atoms with van der Waals surface area (Å²) < 4.78 is 35.8. The van der Waals surface area contributed by atoms with E-state index in [2.05, 4.69) is 10.1 Å². The molecule has 0 aromatic heterocycles. The number of amides is 1. The van der Waals surface area contributed by atoms with Gasteiger partial charge in [0, 0.05) is 5.56 Å². The number of aryl methyl sites for hydroxylation is 1. The Bertz CT molecular complexity index is 1610. The third-order valence-electron chi connectivity index (χ3n) is 5.48. The fourth-order valence-corrected chi connectivity index (χ4v) is 5.43. The smallest absolute Gasteiger partial charge is 0.339 e. The normalized spacial score (nSPS) is 16.4. The highest BCUT2D eigenvalue weighted by molar-refractivity contribution is 8.27. The molecule has 2 aliphatic rings. The Morgan fingerprint density at radius 1 is 1.00 bits per heavy atom. The van der Waals surface area contributed by atoms with Gasteiger partial charge < -0.3 is 8.92 Å². The summed E-state index contributed by atoms with van der Waals surface area (Å²) in [5, 5.41) is 15.4. The van der Waals surface area contributed by atoms with Crippen LogP contribution in [-0.4, -0.2) is 42.5 Å². The summed E-state index contributed by atoms with van der Waals surface area (Å²) in [6.07, 6.45) is 1.48. The highest BCUT2D eigenvalue weighted by Crippen LogP contribution is 2.34. The van der Waals surface area contributed by atoms with Crippen LogP contribution < -0.4 is 8.92 Å². The predicted octanol–water partition coefficient (Wildman–Crippen LogP) is 4.44. The number of methoxy groups -OCH3 is 1. The van der Waals surface area contributed by atoms with Crippen molar-refractivity contribution in [2.24, 2.45) is 10.1 Å². The maximum atomic E-state index is 12.8. The summed E-state index contributed by atoms with van der Waals surface area (Å²) in [7, 11) is -2.69. The molecule has 1 N–H and O–H groups in total. The van der Waals surface area contributed by atoms with E-state index in [1.54, 1.807) is 24.3 Å². The van der Waals surface area contributed by atoms with Crippen LogP contribution in [-0.2, 0) is 14.9 Å². The molecule has 0 spiro atoms. The average Bonchev–Trinajstić information content (AvgIpc) is 3.32. The Morgan fingerprint density at radius 2 is 1.73 bits per heavy atom. The van der Waals surface area contributed by atoms with Crippen molar-refractivity contribution in [3.8, 4) is 11.5 Å². The number of carbonyl (C=O) groups is 1. The highest BCUT2D eigenvalue weighted by Gasteiger charge is 2.36. The Kier molecular flexibility index (Phi) is 6.40. The molecule has 0 fully saturated rings. The van der Waals surface area contributed by atoms with E-state index >= 15 is 0 Å². The van der Waals surface area contributed by atoms with Gasteiger partial charge >= 0.3 is 10.1 Å². The third-order valence-corrected chi connectivity index (χ3v) is 7.69. The van der Waals surface area contributed by atoms with Gasteiger partial charge in [-0.2, -0.15) is 23.5 Å². The average molecular weight is 533 g/mol. The molecule has 0 radical (unpaired) electrons. The van der Waals surface area contributed by atoms with E-state index in [-0.39, 0.29) is 27.8 Å². The molecule has 0 saturated carbocycles. The number of amidine groups is 2. The van der Waals surface area contributed by atoms with Gasteiger partial charge in [-0.1, -0.05) is 54.1 Å². The van der Waals surface area contributed by atoms with Crippen LogP contribution in [0.5, 0.6) is 11.5 Å². The Balaban J connectivity index is 1.42. The molecule has 0 atom stereocenters. The quantitative estimate of drug-likeness (QED) is 0.368. The first-order valence-corrected chi connectivity index (χ1v) is 13.2. The molecule has 37 heavy (non-hydrogen) atoms. The molecule has 11 heteroatoms. The van der Waals surface area contributed by atoms with Crippen LogP contribution in [0.1, 0.15) is 16.7 Å². The first-order valence-electron chi connectivity index (χ1n) is 11.0. The van der Waals surface area contributed by atoms with Gasteiger partial charge in [-0.15, -0.1) is 0 Å². The summed E-state index contributed by atoms with van der Waals surface area (Å²) in [4.78, 5) is 16.9. The van der Waals surface area contributed by atoms with Crippen LogP contribution in [0, 0.1) is 12.3 Å². The van der Waals surface area contributed by atoms with Crippen LogP contribution >= 0.6 is 11.8 Å². The Morgan fingerprint density at radius 3 is 2.43 bits per heavy atom. The van der Waals surface area contributed by atoms with Crippen molar-refractivity contribution in [2.75, 3.05) is 7.11 Å². The fourth-order valence-electron chi connectivity index (χ4n) is 3.57. The summed E-state index contributed by atoms with van der Waals surface area (Å²) in [6.45, 7) is 1.99. The second kappa shape index (κ2) is 9.68. The number of fused-ring (bicyclic) bond motifs is 1. The minimum Gasteiger partial charge on any atom is -0.493 e. The van der Waals surface area contributed by atoms with E-state index in [0.717, 1.165) is 11.1 Å². The molecule has 1 amide bonds. The molecule has 3 aromatic rings. The van der Waals surface area contributed by atoms with Gasteiger partial charge in [0.15, 0.2) is 17.3 Å². The van der Waals surface area contributed by atoms with E-state index < -0.39 is 16.0 Å². The number of rotatable bonds is 6. The molecule has 186 valence electrons. The van der Waals surface area contributed by atoms with Crippen molar-refractivity contribution in [3.05, 3.63) is 95.1 Å². The minimum atomic E-state index is -4.07. The van der Waals surface area contributed by atoms with Crippen molar-refractivity contribution >= 4 is 49.9 Å². The molecule has 0 saturated heterocycles. The monoisotopic (exact) mass is 532 g/mol. The molecule has 5 rings (SSSR count). The predicted molar refractivity (Wildman–Crippen MR) is 143 cm³/mol. The molecular formula is C26H20N4O5S2. The number of ether oxygens (including phenoxy) is 1. The lowest BCUT2D eigenvalue weighted by atomic mass is 10.1. The number of carbonyl (C=O) groups excluding carboxylic acids is 1. The summed E-state index contributed by atoms with van der Waals surface area (Å²) in [5.74, 6) is -0.558. The lowest BCUT2D eigenvalue weighted by molar-refractivity contribution is -0.114. The lowest BCUT2D eigenvalue weighted by Gasteiger charge is -2.20. The first-order chi connectivity index (χ1) is 17.7. The molecule has 2 heterocycles. The van der Waals surface area contributed by atoms with E-state index in [9.17, 15) is 13.2 Å². The Labute approximate surface area is 217 Å². The number of hydrazone groups is 1. The van der Waals surface area contributed by atoms with Crippen molar-refractivity contribution in [1.82, 2.24) is 5.01 Å². The second-order valence-corrected chi connectivity index (χ2v) is 10.6. The van der Waals surface area contributed by atoms with Crippen molar-refractivity contribution < 1.29 is 22.1 Å². The molecule has 9 nitrogen and oxygen atoms in total. The van der Waals surface area contributed by atoms with Crippen molar-refractivity contribution in [3.63, 3.8) is 0 Å². The van der Waals surface area contributed by atoms with Crippen molar-refractivity contribution in [1.29, 1.82) is 5.41 Å². The standard InChI is InChI=1S/C26H20N4O5S2/c1-16-8-11-18(12-9-16)25-29-30-23(27)20(24(31)28-26(30)36-25)14-17-10-13-21(22(15-17)34-2)35-37(32,33)19-6-4-3-5-7-19/h3-15,27H,1-2H3/b20-14-,27-23?. The molecular weight excluding hydrogens is 512 g/mol. The van der Waals surface area contributed by atoms with Gasteiger partial charge in [-0.25, -0.2) is 0 Å². The van der Waals surface area contributed by atoms with Crippen molar-refractivity contribution in [2.45, 2.75) is 11.8 Å². The number of thioether (sulfide) groups is 1. The Hall–Kier alpha value is -4.22. The number of hydrogen-bond donors (Lipinski definition) is 1. The van der Waals surface area contributed by atoms with E-state index in [4.69, 9.17) is 14.3 Å². The maximum Gasteiger partial charge on any atom is 0.339 e. The zero-order valence-electron chi connectivity index (χ0n) is 19.7. The van der Waals surface area contributed by atoms with E-state index in [0.29, 0.717) is 15.8 Å². The molecule has 2 aliphatic heterocycles. The van der Waals surface area contributed by atoms with Crippen LogP contribution in [0.3, 0.4) is 0 Å². The maximum absolute atomic E-state index is 12.8. The van der Waals surface area contributed by atoms with E-state index in [1.165, 1.54) is 54.2 Å². The van der Waals surface area contributed by atoms with Gasteiger partial charge in [0.25, 0.3) is 5.91 Å². The number of nitrogens with one attached hydrogen (secondary N) is 1. The fraction of sp³-hybridized carbons (Fsp3) is 0.0769. The van der Waals surface area contributed by atoms with Gasteiger partial charge in [0.1, 0.15) is 9.94 Å². The third kappa shape index (κ3) is 4.91. The van der Waals surface area contributed by atoms with Crippen LogP contribution in [0.15, 0.2) is 93.4 Å². The number of benzene rings is 3. The van der Waals surface area contributed by atoms with Crippen LogP contribution in [0.4, 0.5) is 0 Å². The van der Waals surface area contributed by atoms with Gasteiger partial charge in [0.2, 0.25) is 5.17 Å². The lowest BCUT2D eigenvalue weighted by Crippen LogP contribution is -2.35. The van der Waals surface area contributed by atoms with E-state index in [1.807, 2.05) is 31.2 Å². The number of aliphatic imine (C=N–C) groups is 1. The SMILES string of the molecule is COc1cc(/C=C2/C(=N)N3N=C(c4ccc(C)cc4)SC3=NC2=O)ccc1OS(=O)(=O)c1ccccc1. The van der Waals surface area contributed by atoms with Gasteiger partial charge in [0.05, 0.1) is 12.7 Å². The second-order valence-electron chi connectivity index (χ2n) is 8.05. The first kappa shape index (κ1) is 24.5. The summed E-state index contributed by atoms with van der Waals surface area (Å²) >= 11 is 1.22. The number of nitrogens with zero attached hydrogens (tertiary/aromatic N) is 3. The zero-order chi connectivity index (χ0) is 26.2. The molecule has 0 bridgehead atoms. The minimum absolute atomic E-state index is 0.00667. The summed E-state index contributed by atoms with van der Waals surface area (Å²) in [6, 6.07) is 20.0. The highest BCUT2D eigenvalue weighted by atomic mass is 32.2. The largest absolute Gasteiger partial charge is 0.493 e. The zero-order valence-corrected chi connectivity index (χ0v) is 21.3. The molecule has 0 aliphatic carbocycles. The summed E-state index contributed by atoms with van der Waals surface area (Å²) in [5.41, 5.74) is 2.50. The molecule has 3 aromatic carbocycles. The van der Waals surface area contributed by atoms with Crippen LogP contribution in [0.2, 0.25) is 0 Å².